The standard InChI is InChI=1S/C27H36N4O4/c1-20(35-19-21-9-4-3-5-10-21)30-24(27(33)34-2)16-18-28-25(32)13-7-6-12-23-15-14-22-11-8-17-29-26(22)31-23/h3-5,9-10,14-15,24,30H,1,6-8,11-13,16-19H2,2H3,(H,28,32)(H,29,31). The van der Waals surface area contributed by atoms with Gasteiger partial charge in [-0.2, -0.15) is 0 Å². The number of benzene rings is 1. The number of rotatable bonds is 14. The summed E-state index contributed by atoms with van der Waals surface area (Å²) in [6.45, 7) is 5.49. The molecule has 1 aliphatic heterocycles. The molecule has 0 radical (unpaired) electrons. The van der Waals surface area contributed by atoms with Gasteiger partial charge in [-0.15, -0.1) is 0 Å². The second kappa shape index (κ2) is 14.0. The van der Waals surface area contributed by atoms with Crippen molar-refractivity contribution in [3.8, 4) is 0 Å². The molecule has 1 unspecified atom stereocenters. The van der Waals surface area contributed by atoms with Crippen LogP contribution >= 0.6 is 0 Å². The van der Waals surface area contributed by atoms with E-state index in [1.807, 2.05) is 30.3 Å². The van der Waals surface area contributed by atoms with Gasteiger partial charge in [0, 0.05) is 25.2 Å². The number of ether oxygens (including phenoxy) is 2. The van der Waals surface area contributed by atoms with E-state index < -0.39 is 12.0 Å². The maximum Gasteiger partial charge on any atom is 0.328 e. The number of nitrogens with one attached hydrogen (secondary N) is 3. The Hall–Kier alpha value is -3.55. The molecular weight excluding hydrogens is 444 g/mol. The normalized spacial score (nSPS) is 13.1. The first-order valence-electron chi connectivity index (χ1n) is 12.2. The van der Waals surface area contributed by atoms with Gasteiger partial charge < -0.3 is 25.4 Å². The van der Waals surface area contributed by atoms with Crippen molar-refractivity contribution in [3.63, 3.8) is 0 Å². The van der Waals surface area contributed by atoms with Crippen LogP contribution in [0.4, 0.5) is 5.82 Å². The summed E-state index contributed by atoms with van der Waals surface area (Å²) in [5.74, 6) is 0.818. The van der Waals surface area contributed by atoms with Crippen molar-refractivity contribution in [2.45, 2.75) is 57.6 Å². The van der Waals surface area contributed by atoms with E-state index in [0.29, 0.717) is 26.0 Å². The molecule has 0 saturated heterocycles. The lowest BCUT2D eigenvalue weighted by Gasteiger charge is -2.19. The Bertz CT molecular complexity index is 980. The molecule has 1 aromatic carbocycles. The molecule has 1 amide bonds. The summed E-state index contributed by atoms with van der Waals surface area (Å²) in [6.07, 6.45) is 5.55. The van der Waals surface area contributed by atoms with Gasteiger partial charge in [0.1, 0.15) is 18.5 Å². The number of hydrogen-bond acceptors (Lipinski definition) is 7. The molecule has 2 heterocycles. The van der Waals surface area contributed by atoms with E-state index in [1.165, 1.54) is 12.7 Å². The number of esters is 1. The minimum Gasteiger partial charge on any atom is -0.475 e. The third kappa shape index (κ3) is 8.96. The number of unbranched alkanes of at least 4 members (excludes halogenated alkanes) is 1. The topological polar surface area (TPSA) is 102 Å². The Labute approximate surface area is 207 Å². The Morgan fingerprint density at radius 2 is 2.00 bits per heavy atom. The monoisotopic (exact) mass is 480 g/mol. The van der Waals surface area contributed by atoms with Gasteiger partial charge in [-0.1, -0.05) is 36.4 Å². The largest absolute Gasteiger partial charge is 0.475 e. The van der Waals surface area contributed by atoms with Crippen molar-refractivity contribution in [1.82, 2.24) is 15.6 Å². The zero-order chi connectivity index (χ0) is 24.9. The van der Waals surface area contributed by atoms with Crippen LogP contribution in [0.3, 0.4) is 0 Å². The number of nitrogens with zero attached hydrogens (tertiary/aromatic N) is 1. The second-order valence-corrected chi connectivity index (χ2v) is 8.60. The molecule has 1 atom stereocenters. The third-order valence-corrected chi connectivity index (χ3v) is 5.87. The minimum atomic E-state index is -0.660. The van der Waals surface area contributed by atoms with E-state index in [1.54, 1.807) is 0 Å². The highest BCUT2D eigenvalue weighted by Crippen LogP contribution is 2.20. The van der Waals surface area contributed by atoms with Crippen LogP contribution < -0.4 is 16.0 Å². The fraction of sp³-hybridized carbons (Fsp3) is 0.444. The quantitative estimate of drug-likeness (QED) is 0.216. The number of amides is 1. The molecule has 1 aliphatic rings. The summed E-state index contributed by atoms with van der Waals surface area (Å²) in [5.41, 5.74) is 3.34. The fourth-order valence-electron chi connectivity index (χ4n) is 3.92. The van der Waals surface area contributed by atoms with E-state index in [4.69, 9.17) is 14.5 Å². The summed E-state index contributed by atoms with van der Waals surface area (Å²) in [5, 5.41) is 9.18. The predicted octanol–water partition coefficient (Wildman–Crippen LogP) is 3.48. The van der Waals surface area contributed by atoms with E-state index >= 15 is 0 Å². The first-order valence-corrected chi connectivity index (χ1v) is 12.2. The number of fused-ring (bicyclic) bond motifs is 1. The third-order valence-electron chi connectivity index (χ3n) is 5.87. The van der Waals surface area contributed by atoms with Gasteiger partial charge in [0.2, 0.25) is 5.91 Å². The van der Waals surface area contributed by atoms with Gasteiger partial charge in [0.05, 0.1) is 7.11 Å². The van der Waals surface area contributed by atoms with Crippen LogP contribution in [-0.2, 0) is 38.5 Å². The summed E-state index contributed by atoms with van der Waals surface area (Å²) in [7, 11) is 1.33. The Kier molecular flexibility index (Phi) is 10.4. The summed E-state index contributed by atoms with van der Waals surface area (Å²) in [6, 6.07) is 13.3. The van der Waals surface area contributed by atoms with Gasteiger partial charge in [-0.3, -0.25) is 4.79 Å². The van der Waals surface area contributed by atoms with Gasteiger partial charge in [0.25, 0.3) is 0 Å². The summed E-state index contributed by atoms with van der Waals surface area (Å²) >= 11 is 0. The molecule has 8 nitrogen and oxygen atoms in total. The molecular formula is C27H36N4O4. The van der Waals surface area contributed by atoms with Gasteiger partial charge in [-0.05, 0) is 62.3 Å². The van der Waals surface area contributed by atoms with Crippen molar-refractivity contribution in [2.24, 2.45) is 0 Å². The molecule has 0 spiro atoms. The van der Waals surface area contributed by atoms with Crippen LogP contribution in [0.2, 0.25) is 0 Å². The van der Waals surface area contributed by atoms with Crippen LogP contribution in [0.1, 0.15) is 48.9 Å². The first kappa shape index (κ1) is 26.1. The van der Waals surface area contributed by atoms with E-state index in [0.717, 1.165) is 55.7 Å². The lowest BCUT2D eigenvalue weighted by molar-refractivity contribution is -0.143. The van der Waals surface area contributed by atoms with Crippen LogP contribution in [0.15, 0.2) is 54.9 Å². The Balaban J connectivity index is 1.32. The number of carbonyl (C=O) groups excluding carboxylic acids is 2. The molecule has 188 valence electrons. The predicted molar refractivity (Wildman–Crippen MR) is 136 cm³/mol. The highest BCUT2D eigenvalue weighted by Gasteiger charge is 2.20. The fourth-order valence-corrected chi connectivity index (χ4v) is 3.92. The number of anilines is 1. The van der Waals surface area contributed by atoms with Crippen molar-refractivity contribution < 1.29 is 19.1 Å². The Morgan fingerprint density at radius 3 is 2.80 bits per heavy atom. The van der Waals surface area contributed by atoms with Crippen molar-refractivity contribution in [2.75, 3.05) is 25.5 Å². The van der Waals surface area contributed by atoms with Crippen LogP contribution in [0.5, 0.6) is 0 Å². The molecule has 3 N–H and O–H groups in total. The SMILES string of the molecule is C=C(NC(CCNC(=O)CCCCc1ccc2c(n1)NCCC2)C(=O)OC)OCc1ccccc1. The van der Waals surface area contributed by atoms with E-state index in [2.05, 4.69) is 34.7 Å². The van der Waals surface area contributed by atoms with Crippen molar-refractivity contribution in [1.29, 1.82) is 0 Å². The van der Waals surface area contributed by atoms with Crippen LogP contribution in [0.25, 0.3) is 0 Å². The van der Waals surface area contributed by atoms with Gasteiger partial charge in [0.15, 0.2) is 5.88 Å². The number of carbonyl (C=O) groups is 2. The maximum atomic E-state index is 12.2. The van der Waals surface area contributed by atoms with Gasteiger partial charge in [-0.25, -0.2) is 9.78 Å². The highest BCUT2D eigenvalue weighted by molar-refractivity contribution is 5.77. The second-order valence-electron chi connectivity index (χ2n) is 8.60. The first-order chi connectivity index (χ1) is 17.0. The zero-order valence-corrected chi connectivity index (χ0v) is 20.5. The Morgan fingerprint density at radius 1 is 1.17 bits per heavy atom. The van der Waals surface area contributed by atoms with E-state index in [9.17, 15) is 9.59 Å². The van der Waals surface area contributed by atoms with Gasteiger partial charge >= 0.3 is 5.97 Å². The lowest BCUT2D eigenvalue weighted by Crippen LogP contribution is -2.40. The highest BCUT2D eigenvalue weighted by atomic mass is 16.5. The summed E-state index contributed by atoms with van der Waals surface area (Å²) in [4.78, 5) is 29.1. The number of pyridine rings is 1. The molecule has 8 heteroatoms. The number of aromatic nitrogens is 1. The molecule has 0 saturated carbocycles. The maximum absolute atomic E-state index is 12.2. The zero-order valence-electron chi connectivity index (χ0n) is 20.5. The average Bonchev–Trinajstić information content (AvgIpc) is 2.89. The smallest absolute Gasteiger partial charge is 0.328 e. The molecule has 0 fully saturated rings. The molecule has 0 bridgehead atoms. The molecule has 35 heavy (non-hydrogen) atoms. The van der Waals surface area contributed by atoms with Crippen molar-refractivity contribution in [3.05, 3.63) is 71.7 Å². The molecule has 0 aliphatic carbocycles. The van der Waals surface area contributed by atoms with Crippen molar-refractivity contribution >= 4 is 17.7 Å². The number of methoxy groups -OCH3 is 1. The van der Waals surface area contributed by atoms with Crippen LogP contribution in [-0.4, -0.2) is 43.1 Å². The van der Waals surface area contributed by atoms with Crippen LogP contribution in [0, 0.1) is 0 Å². The lowest BCUT2D eigenvalue weighted by atomic mass is 10.1. The number of aryl methyl sites for hydroxylation is 2. The molecule has 3 rings (SSSR count). The minimum absolute atomic E-state index is 0.0344. The average molecular weight is 481 g/mol. The van der Waals surface area contributed by atoms with E-state index in [-0.39, 0.29) is 11.8 Å². The summed E-state index contributed by atoms with van der Waals surface area (Å²) < 4.78 is 10.5. The molecule has 1 aromatic heterocycles. The number of hydrogen-bond donors (Lipinski definition) is 3. The molecule has 2 aromatic rings.